The molecular formula is C24H21N3O3. The monoisotopic (exact) mass is 399 g/mol. The number of nitrogens with two attached hydrogens (primary N) is 1. The Hall–Kier alpha value is -4.16. The summed E-state index contributed by atoms with van der Waals surface area (Å²) in [4.78, 5) is 8.73. The fourth-order valence-electron chi connectivity index (χ4n) is 2.78. The predicted octanol–water partition coefficient (Wildman–Crippen LogP) is 3.82. The molecule has 6 heteroatoms. The molecule has 0 atom stereocenters. The largest absolute Gasteiger partial charge is 0.490 e. The van der Waals surface area contributed by atoms with Gasteiger partial charge in [0.2, 0.25) is 5.95 Å². The Labute approximate surface area is 176 Å². The zero-order chi connectivity index (χ0) is 21.3. The molecule has 2 N–H and O–H groups in total. The highest BCUT2D eigenvalue weighted by Gasteiger charge is 2.12. The molecular weight excluding hydrogens is 378 g/mol. The van der Waals surface area contributed by atoms with Crippen LogP contribution in [0.4, 0.5) is 5.95 Å². The van der Waals surface area contributed by atoms with Gasteiger partial charge in [0, 0.05) is 11.1 Å². The lowest BCUT2D eigenvalue weighted by Crippen LogP contribution is -2.01. The Bertz CT molecular complexity index is 1100. The van der Waals surface area contributed by atoms with E-state index in [1.165, 1.54) is 0 Å². The van der Waals surface area contributed by atoms with Gasteiger partial charge in [-0.15, -0.1) is 12.8 Å². The highest BCUT2D eigenvalue weighted by atomic mass is 16.5. The van der Waals surface area contributed by atoms with Gasteiger partial charge in [0.05, 0.1) is 18.0 Å². The van der Waals surface area contributed by atoms with Gasteiger partial charge < -0.3 is 19.9 Å². The normalized spacial score (nSPS) is 9.97. The second kappa shape index (κ2) is 9.86. The highest BCUT2D eigenvalue weighted by molar-refractivity contribution is 5.71. The van der Waals surface area contributed by atoms with Crippen LogP contribution in [-0.4, -0.2) is 29.8 Å². The molecule has 0 saturated heterocycles. The molecule has 150 valence electrons. The zero-order valence-electron chi connectivity index (χ0n) is 16.6. The number of hydrogen-bond acceptors (Lipinski definition) is 6. The first-order chi connectivity index (χ1) is 14.6. The zero-order valence-corrected chi connectivity index (χ0v) is 16.6. The fraction of sp³-hybridized carbons (Fsp3) is 0.167. The first kappa shape index (κ1) is 20.6. The van der Waals surface area contributed by atoms with Crippen LogP contribution in [0.3, 0.4) is 0 Å². The van der Waals surface area contributed by atoms with E-state index in [9.17, 15) is 0 Å². The second-order valence-corrected chi connectivity index (χ2v) is 6.10. The van der Waals surface area contributed by atoms with Gasteiger partial charge in [-0.3, -0.25) is 0 Å². The molecule has 1 aromatic heterocycles. The fourth-order valence-corrected chi connectivity index (χ4v) is 2.78. The molecule has 0 saturated carbocycles. The third kappa shape index (κ3) is 5.01. The number of nitrogens with zero attached hydrogens (tertiary/aromatic N) is 2. The molecule has 30 heavy (non-hydrogen) atoms. The van der Waals surface area contributed by atoms with Crippen molar-refractivity contribution < 1.29 is 14.2 Å². The molecule has 3 aromatic rings. The number of aromatic nitrogens is 2. The van der Waals surface area contributed by atoms with E-state index >= 15 is 0 Å². The molecule has 0 unspecified atom stereocenters. The molecule has 2 aromatic carbocycles. The van der Waals surface area contributed by atoms with Gasteiger partial charge in [-0.1, -0.05) is 11.8 Å². The van der Waals surface area contributed by atoms with E-state index in [1.807, 2.05) is 49.4 Å². The topological polar surface area (TPSA) is 79.5 Å². The van der Waals surface area contributed by atoms with E-state index in [4.69, 9.17) is 32.8 Å². The summed E-state index contributed by atoms with van der Waals surface area (Å²) >= 11 is 0. The number of anilines is 1. The maximum absolute atomic E-state index is 5.97. The van der Waals surface area contributed by atoms with Gasteiger partial charge in [0.25, 0.3) is 0 Å². The number of terminal acetylenes is 2. The summed E-state index contributed by atoms with van der Waals surface area (Å²) in [5.74, 6) is 6.89. The predicted molar refractivity (Wildman–Crippen MR) is 117 cm³/mol. The summed E-state index contributed by atoms with van der Waals surface area (Å²) in [6, 6.07) is 14.8. The van der Waals surface area contributed by atoms with Crippen molar-refractivity contribution >= 4 is 5.95 Å². The van der Waals surface area contributed by atoms with Crippen molar-refractivity contribution in [2.75, 3.05) is 25.6 Å². The van der Waals surface area contributed by atoms with E-state index < -0.39 is 0 Å². The lowest BCUT2D eigenvalue weighted by atomic mass is 10.1. The third-order valence-electron chi connectivity index (χ3n) is 4.07. The Balaban J connectivity index is 1.94. The van der Waals surface area contributed by atoms with Crippen molar-refractivity contribution in [3.63, 3.8) is 0 Å². The minimum absolute atomic E-state index is 0.158. The van der Waals surface area contributed by atoms with Crippen molar-refractivity contribution in [2.24, 2.45) is 0 Å². The Morgan fingerprint density at radius 3 is 2.10 bits per heavy atom. The van der Waals surface area contributed by atoms with Crippen LogP contribution in [-0.2, 0) is 0 Å². The van der Waals surface area contributed by atoms with Gasteiger partial charge in [-0.25, -0.2) is 9.97 Å². The van der Waals surface area contributed by atoms with Crippen LogP contribution in [0.25, 0.3) is 22.5 Å². The van der Waals surface area contributed by atoms with Crippen LogP contribution >= 0.6 is 0 Å². The first-order valence-electron chi connectivity index (χ1n) is 9.29. The number of nitrogen functional groups attached to an aromatic ring is 1. The molecule has 0 amide bonds. The van der Waals surface area contributed by atoms with Crippen molar-refractivity contribution in [1.29, 1.82) is 0 Å². The lowest BCUT2D eigenvalue weighted by Gasteiger charge is -2.13. The quantitative estimate of drug-likeness (QED) is 0.580. The lowest BCUT2D eigenvalue weighted by molar-refractivity contribution is 0.299. The van der Waals surface area contributed by atoms with Crippen LogP contribution in [0.2, 0.25) is 0 Å². The van der Waals surface area contributed by atoms with E-state index in [0.29, 0.717) is 35.2 Å². The van der Waals surface area contributed by atoms with Gasteiger partial charge in [0.1, 0.15) is 19.0 Å². The van der Waals surface area contributed by atoms with Crippen LogP contribution in [0, 0.1) is 24.7 Å². The van der Waals surface area contributed by atoms with Crippen molar-refractivity contribution in [3.05, 3.63) is 48.5 Å². The summed E-state index contributed by atoms with van der Waals surface area (Å²) < 4.78 is 16.6. The van der Waals surface area contributed by atoms with Crippen molar-refractivity contribution in [1.82, 2.24) is 9.97 Å². The molecule has 0 aliphatic heterocycles. The van der Waals surface area contributed by atoms with Crippen molar-refractivity contribution in [3.8, 4) is 64.5 Å². The average molecular weight is 399 g/mol. The molecule has 0 spiro atoms. The summed E-state index contributed by atoms with van der Waals surface area (Å²) in [6.45, 7) is 2.76. The van der Waals surface area contributed by atoms with Gasteiger partial charge in [-0.2, -0.15) is 0 Å². The molecule has 0 aliphatic rings. The van der Waals surface area contributed by atoms with E-state index in [-0.39, 0.29) is 19.2 Å². The number of benzene rings is 2. The Morgan fingerprint density at radius 1 is 0.800 bits per heavy atom. The molecule has 0 radical (unpaired) electrons. The maximum atomic E-state index is 5.97. The summed E-state index contributed by atoms with van der Waals surface area (Å²) in [6.07, 6.45) is 10.5. The molecule has 6 nitrogen and oxygen atoms in total. The Morgan fingerprint density at radius 2 is 1.43 bits per heavy atom. The molecule has 3 rings (SSSR count). The summed E-state index contributed by atoms with van der Waals surface area (Å²) in [5.41, 5.74) is 9.01. The van der Waals surface area contributed by atoms with Gasteiger partial charge in [0.15, 0.2) is 11.5 Å². The molecule has 0 bridgehead atoms. The van der Waals surface area contributed by atoms with E-state index in [0.717, 1.165) is 11.1 Å². The van der Waals surface area contributed by atoms with Crippen LogP contribution in [0.5, 0.6) is 17.2 Å². The smallest absolute Gasteiger partial charge is 0.221 e. The van der Waals surface area contributed by atoms with Crippen LogP contribution in [0.15, 0.2) is 48.5 Å². The second-order valence-electron chi connectivity index (χ2n) is 6.10. The molecule has 1 heterocycles. The summed E-state index contributed by atoms with van der Waals surface area (Å²) in [7, 11) is 0. The standard InChI is InChI=1S/C24H21N3O3/c1-4-13-29-19-10-7-17(8-11-19)20-16-21(27-24(25)26-20)18-9-12-22(30-14-5-2)23(15-18)28-6-3/h1-2,7-12,15-16H,6,13-14H2,3H3,(H2,25,26,27). The number of hydrogen-bond donors (Lipinski definition) is 1. The van der Waals surface area contributed by atoms with Gasteiger partial charge >= 0.3 is 0 Å². The molecule has 0 fully saturated rings. The summed E-state index contributed by atoms with van der Waals surface area (Å²) in [5, 5.41) is 0. The first-order valence-corrected chi connectivity index (χ1v) is 9.29. The van der Waals surface area contributed by atoms with Crippen LogP contribution in [0.1, 0.15) is 6.92 Å². The molecule has 0 aliphatic carbocycles. The number of ether oxygens (including phenoxy) is 3. The maximum Gasteiger partial charge on any atom is 0.221 e. The SMILES string of the molecule is C#CCOc1ccc(-c2cc(-c3ccc(OCC#C)c(OCC)c3)nc(N)n2)cc1. The minimum atomic E-state index is 0.158. The highest BCUT2D eigenvalue weighted by Crippen LogP contribution is 2.33. The third-order valence-corrected chi connectivity index (χ3v) is 4.07. The van der Waals surface area contributed by atoms with Crippen molar-refractivity contribution in [2.45, 2.75) is 6.92 Å². The average Bonchev–Trinajstić information content (AvgIpc) is 2.77. The minimum Gasteiger partial charge on any atom is -0.490 e. The Kier molecular flexibility index (Phi) is 6.76. The van der Waals surface area contributed by atoms with Crippen LogP contribution < -0.4 is 19.9 Å². The van der Waals surface area contributed by atoms with E-state index in [2.05, 4.69) is 21.8 Å². The number of rotatable bonds is 8. The van der Waals surface area contributed by atoms with Gasteiger partial charge in [-0.05, 0) is 55.5 Å². The van der Waals surface area contributed by atoms with E-state index in [1.54, 1.807) is 6.07 Å².